The van der Waals surface area contributed by atoms with Crippen molar-refractivity contribution >= 4 is 21.4 Å². The predicted molar refractivity (Wildman–Crippen MR) is 57.8 cm³/mol. The number of hydrogen-bond acceptors (Lipinski definition) is 5. The van der Waals surface area contributed by atoms with Crippen LogP contribution in [0.1, 0.15) is 0 Å². The minimum absolute atomic E-state index is 0.0314. The van der Waals surface area contributed by atoms with E-state index in [1.54, 1.807) is 0 Å². The van der Waals surface area contributed by atoms with Gasteiger partial charge in [-0.1, -0.05) is 0 Å². The Morgan fingerprint density at radius 2 is 2.07 bits per heavy atom. The average Bonchev–Trinajstić information content (AvgIpc) is 2.14. The Bertz CT molecular complexity index is 444. The van der Waals surface area contributed by atoms with E-state index < -0.39 is 10.0 Å². The second-order valence-electron chi connectivity index (χ2n) is 2.94. The van der Waals surface area contributed by atoms with Gasteiger partial charge in [-0.05, 0) is 18.2 Å². The van der Waals surface area contributed by atoms with Crippen LogP contribution in [-0.4, -0.2) is 26.7 Å². The van der Waals surface area contributed by atoms with Crippen LogP contribution < -0.4 is 16.2 Å². The van der Waals surface area contributed by atoms with Crippen molar-refractivity contribution in [2.24, 2.45) is 5.14 Å². The van der Waals surface area contributed by atoms with Gasteiger partial charge >= 0.3 is 0 Å². The van der Waals surface area contributed by atoms with Gasteiger partial charge in [-0.2, -0.15) is 0 Å². The summed E-state index contributed by atoms with van der Waals surface area (Å²) in [7, 11) is -3.72. The molecular weight excluding hydrogens is 218 g/mol. The lowest BCUT2D eigenvalue weighted by atomic mass is 10.2. The molecule has 6 N–H and O–H groups in total. The van der Waals surface area contributed by atoms with Gasteiger partial charge in [0.2, 0.25) is 10.0 Å². The second-order valence-corrected chi connectivity index (χ2v) is 4.51. The van der Waals surface area contributed by atoms with E-state index in [1.165, 1.54) is 18.2 Å². The molecule has 0 bridgehead atoms. The second kappa shape index (κ2) is 4.47. The third kappa shape index (κ3) is 3.08. The highest BCUT2D eigenvalue weighted by atomic mass is 32.2. The number of aliphatic hydroxyl groups excluding tert-OH is 1. The van der Waals surface area contributed by atoms with Crippen molar-refractivity contribution in [3.8, 4) is 0 Å². The van der Waals surface area contributed by atoms with Gasteiger partial charge in [0.05, 0.1) is 22.9 Å². The molecule has 1 aromatic rings. The van der Waals surface area contributed by atoms with E-state index in [-0.39, 0.29) is 17.2 Å². The average molecular weight is 231 g/mol. The lowest BCUT2D eigenvalue weighted by Gasteiger charge is -2.08. The summed E-state index contributed by atoms with van der Waals surface area (Å²) in [5, 5.41) is 16.3. The Kier molecular flexibility index (Phi) is 3.51. The minimum Gasteiger partial charge on any atom is -0.397 e. The molecule has 0 fully saturated rings. The lowest BCUT2D eigenvalue weighted by Crippen LogP contribution is -2.13. The molecule has 0 saturated heterocycles. The Labute approximate surface area is 87.9 Å². The molecule has 0 spiro atoms. The molecule has 0 amide bonds. The SMILES string of the molecule is Nc1cc(S(N)(=O)=O)ccc1NCCO. The third-order valence-corrected chi connectivity index (χ3v) is 2.69. The zero-order chi connectivity index (χ0) is 11.5. The maximum atomic E-state index is 11.0. The summed E-state index contributed by atoms with van der Waals surface area (Å²) in [6, 6.07) is 4.13. The Balaban J connectivity index is 2.99. The molecule has 0 saturated carbocycles. The van der Waals surface area contributed by atoms with Crippen LogP contribution in [0.3, 0.4) is 0 Å². The normalized spacial score (nSPS) is 11.3. The van der Waals surface area contributed by atoms with Crippen molar-refractivity contribution in [2.45, 2.75) is 4.90 Å². The molecule has 6 nitrogen and oxygen atoms in total. The molecular formula is C8H13N3O3S. The van der Waals surface area contributed by atoms with Crippen molar-refractivity contribution in [1.29, 1.82) is 0 Å². The number of aliphatic hydroxyl groups is 1. The van der Waals surface area contributed by atoms with Crippen molar-refractivity contribution in [1.82, 2.24) is 0 Å². The molecule has 15 heavy (non-hydrogen) atoms. The monoisotopic (exact) mass is 231 g/mol. The van der Waals surface area contributed by atoms with E-state index >= 15 is 0 Å². The van der Waals surface area contributed by atoms with E-state index in [2.05, 4.69) is 5.32 Å². The molecule has 1 aromatic carbocycles. The topological polar surface area (TPSA) is 118 Å². The maximum Gasteiger partial charge on any atom is 0.238 e. The number of hydrogen-bond donors (Lipinski definition) is 4. The van der Waals surface area contributed by atoms with Crippen molar-refractivity contribution in [3.63, 3.8) is 0 Å². The summed E-state index contributed by atoms with van der Waals surface area (Å²) in [5.41, 5.74) is 6.43. The first kappa shape index (κ1) is 11.8. The first-order chi connectivity index (χ1) is 6.95. The summed E-state index contributed by atoms with van der Waals surface area (Å²) in [4.78, 5) is -0.0328. The van der Waals surface area contributed by atoms with Gasteiger partial charge in [-0.25, -0.2) is 13.6 Å². The number of nitrogens with one attached hydrogen (secondary N) is 1. The van der Waals surface area contributed by atoms with Gasteiger partial charge in [0.1, 0.15) is 0 Å². The van der Waals surface area contributed by atoms with E-state index in [4.69, 9.17) is 16.0 Å². The fraction of sp³-hybridized carbons (Fsp3) is 0.250. The Hall–Kier alpha value is -1.31. The van der Waals surface area contributed by atoms with Crippen LogP contribution in [0.5, 0.6) is 0 Å². The fourth-order valence-electron chi connectivity index (χ4n) is 1.07. The van der Waals surface area contributed by atoms with E-state index in [9.17, 15) is 8.42 Å². The molecule has 0 heterocycles. The smallest absolute Gasteiger partial charge is 0.238 e. The van der Waals surface area contributed by atoms with Crippen LogP contribution in [-0.2, 0) is 10.0 Å². The largest absolute Gasteiger partial charge is 0.397 e. The molecule has 7 heteroatoms. The summed E-state index contributed by atoms with van der Waals surface area (Å²) in [6.07, 6.45) is 0. The standard InChI is InChI=1S/C8H13N3O3S/c9-7-5-6(15(10,13)14)1-2-8(7)11-3-4-12/h1-2,5,11-12H,3-4,9H2,(H2,10,13,14). The van der Waals surface area contributed by atoms with Gasteiger partial charge in [0.25, 0.3) is 0 Å². The van der Waals surface area contributed by atoms with Crippen molar-refractivity contribution in [2.75, 3.05) is 24.2 Å². The summed E-state index contributed by atoms with van der Waals surface area (Å²) >= 11 is 0. The maximum absolute atomic E-state index is 11.0. The quantitative estimate of drug-likeness (QED) is 0.512. The molecule has 0 atom stereocenters. The molecule has 0 unspecified atom stereocenters. The van der Waals surface area contributed by atoms with Gasteiger partial charge in [-0.15, -0.1) is 0 Å². The summed E-state index contributed by atoms with van der Waals surface area (Å²) in [5.74, 6) is 0. The first-order valence-corrected chi connectivity index (χ1v) is 5.77. The molecule has 0 aliphatic rings. The van der Waals surface area contributed by atoms with Gasteiger partial charge in [0, 0.05) is 6.54 Å². The molecule has 1 rings (SSSR count). The van der Waals surface area contributed by atoms with Crippen LogP contribution in [0.25, 0.3) is 0 Å². The number of sulfonamides is 1. The van der Waals surface area contributed by atoms with Crippen LogP contribution in [0.15, 0.2) is 23.1 Å². The molecule has 84 valence electrons. The van der Waals surface area contributed by atoms with Gasteiger partial charge < -0.3 is 16.2 Å². The number of rotatable bonds is 4. The van der Waals surface area contributed by atoms with Gasteiger partial charge in [0.15, 0.2) is 0 Å². The minimum atomic E-state index is -3.72. The highest BCUT2D eigenvalue weighted by molar-refractivity contribution is 7.89. The number of anilines is 2. The summed E-state index contributed by atoms with van der Waals surface area (Å²) < 4.78 is 21.9. The number of primary sulfonamides is 1. The van der Waals surface area contributed by atoms with Crippen LogP contribution >= 0.6 is 0 Å². The number of nitrogens with two attached hydrogens (primary N) is 2. The number of benzene rings is 1. The molecule has 0 radical (unpaired) electrons. The molecule has 0 aliphatic heterocycles. The summed E-state index contributed by atoms with van der Waals surface area (Å²) in [6.45, 7) is 0.315. The van der Waals surface area contributed by atoms with Gasteiger partial charge in [-0.3, -0.25) is 0 Å². The van der Waals surface area contributed by atoms with Crippen LogP contribution in [0.2, 0.25) is 0 Å². The zero-order valence-corrected chi connectivity index (χ0v) is 8.79. The molecule has 0 aliphatic carbocycles. The third-order valence-electron chi connectivity index (χ3n) is 1.78. The van der Waals surface area contributed by atoms with Crippen LogP contribution in [0.4, 0.5) is 11.4 Å². The van der Waals surface area contributed by atoms with Crippen molar-refractivity contribution in [3.05, 3.63) is 18.2 Å². The van der Waals surface area contributed by atoms with Crippen molar-refractivity contribution < 1.29 is 13.5 Å². The highest BCUT2D eigenvalue weighted by Gasteiger charge is 2.09. The highest BCUT2D eigenvalue weighted by Crippen LogP contribution is 2.21. The van der Waals surface area contributed by atoms with E-state index in [0.29, 0.717) is 12.2 Å². The lowest BCUT2D eigenvalue weighted by molar-refractivity contribution is 0.311. The predicted octanol–water partition coefficient (Wildman–Crippen LogP) is -0.680. The van der Waals surface area contributed by atoms with E-state index in [0.717, 1.165) is 0 Å². The molecule has 0 aromatic heterocycles. The Morgan fingerprint density at radius 3 is 2.53 bits per heavy atom. The Morgan fingerprint density at radius 1 is 1.40 bits per heavy atom. The van der Waals surface area contributed by atoms with Crippen LogP contribution in [0, 0.1) is 0 Å². The van der Waals surface area contributed by atoms with E-state index in [1.807, 2.05) is 0 Å². The zero-order valence-electron chi connectivity index (χ0n) is 7.97. The first-order valence-electron chi connectivity index (χ1n) is 4.22. The fourth-order valence-corrected chi connectivity index (χ4v) is 1.62. The number of nitrogen functional groups attached to an aromatic ring is 1.